The molecule has 1 aromatic rings. The first kappa shape index (κ1) is 19.7. The van der Waals surface area contributed by atoms with E-state index in [0.29, 0.717) is 25.2 Å². The second kappa shape index (κ2) is 7.67. The Morgan fingerprint density at radius 2 is 1.79 bits per heavy atom. The average molecular weight is 398 g/mol. The topological polar surface area (TPSA) is 90.2 Å². The highest BCUT2D eigenvalue weighted by molar-refractivity contribution is 6.04. The second-order valence-corrected chi connectivity index (χ2v) is 8.11. The van der Waals surface area contributed by atoms with Gasteiger partial charge >= 0.3 is 6.03 Å². The van der Waals surface area contributed by atoms with Crippen molar-refractivity contribution in [1.82, 2.24) is 9.80 Å². The number of urea groups is 1. The summed E-state index contributed by atoms with van der Waals surface area (Å²) in [6.45, 7) is 3.11. The van der Waals surface area contributed by atoms with Gasteiger partial charge in [0, 0.05) is 31.4 Å². The Labute approximate surface area is 171 Å². The largest absolute Gasteiger partial charge is 0.368 e. The molecular weight excluding hydrogens is 370 g/mol. The molecule has 4 rings (SSSR count). The zero-order chi connectivity index (χ0) is 20.6. The van der Waals surface area contributed by atoms with E-state index in [-0.39, 0.29) is 18.5 Å². The van der Waals surface area contributed by atoms with Gasteiger partial charge in [-0.15, -0.1) is 0 Å². The number of carbonyl (C=O) groups excluding carboxylic acids is 3. The molecule has 1 atom stereocenters. The van der Waals surface area contributed by atoms with Crippen LogP contribution >= 0.6 is 0 Å². The Bertz CT molecular complexity index is 805. The lowest BCUT2D eigenvalue weighted by atomic mass is 9.96. The predicted octanol–water partition coefficient (Wildman–Crippen LogP) is 1.21. The van der Waals surface area contributed by atoms with Crippen LogP contribution in [0.25, 0.3) is 0 Å². The maximum atomic E-state index is 12.8. The molecule has 3 aliphatic rings. The number of fused-ring (bicyclic) bond motifs is 1. The molecule has 0 spiro atoms. The number of anilines is 2. The predicted molar refractivity (Wildman–Crippen MR) is 110 cm³/mol. The van der Waals surface area contributed by atoms with E-state index in [0.717, 1.165) is 31.6 Å². The maximum absolute atomic E-state index is 12.8. The van der Waals surface area contributed by atoms with Gasteiger partial charge in [0.15, 0.2) is 0 Å². The minimum absolute atomic E-state index is 0.0554. The number of hydrogen-bond acceptors (Lipinski definition) is 4. The van der Waals surface area contributed by atoms with Crippen LogP contribution in [0.15, 0.2) is 24.3 Å². The number of likely N-dealkylation sites (tertiary alicyclic amines) is 1. The van der Waals surface area contributed by atoms with Crippen molar-refractivity contribution in [3.05, 3.63) is 30.7 Å². The summed E-state index contributed by atoms with van der Waals surface area (Å²) in [4.78, 5) is 44.4. The van der Waals surface area contributed by atoms with Crippen molar-refractivity contribution in [3.8, 4) is 0 Å². The van der Waals surface area contributed by atoms with Crippen LogP contribution in [0.3, 0.4) is 0 Å². The van der Waals surface area contributed by atoms with E-state index in [4.69, 9.17) is 5.73 Å². The lowest BCUT2D eigenvalue weighted by molar-refractivity contribution is -0.124. The lowest BCUT2D eigenvalue weighted by Gasteiger charge is -2.28. The van der Waals surface area contributed by atoms with Gasteiger partial charge in [-0.05, 0) is 56.6 Å². The van der Waals surface area contributed by atoms with Gasteiger partial charge in [-0.2, -0.15) is 0 Å². The van der Waals surface area contributed by atoms with Gasteiger partial charge in [0.25, 0.3) is 0 Å². The fraction of sp³-hybridized carbons (Fsp3) is 0.524. The van der Waals surface area contributed by atoms with E-state index in [9.17, 15) is 14.4 Å². The number of hydrogen-bond donors (Lipinski definition) is 1. The highest BCUT2D eigenvalue weighted by Crippen LogP contribution is 2.38. The van der Waals surface area contributed by atoms with Crippen molar-refractivity contribution in [2.75, 3.05) is 49.6 Å². The number of nitrogens with two attached hydrogens (primary N) is 1. The summed E-state index contributed by atoms with van der Waals surface area (Å²) in [7, 11) is 1.77. The van der Waals surface area contributed by atoms with E-state index in [1.165, 1.54) is 6.42 Å². The number of likely N-dealkylation sites (N-methyl/N-ethyl adjacent to an activating group) is 1. The minimum atomic E-state index is -1.02. The Balaban J connectivity index is 1.44. The van der Waals surface area contributed by atoms with Gasteiger partial charge in [0.2, 0.25) is 11.8 Å². The van der Waals surface area contributed by atoms with Crippen LogP contribution < -0.4 is 15.5 Å². The van der Waals surface area contributed by atoms with Crippen LogP contribution in [0.5, 0.6) is 0 Å². The first-order valence-electron chi connectivity index (χ1n) is 10.2. The summed E-state index contributed by atoms with van der Waals surface area (Å²) in [6, 6.07) is 7.09. The lowest BCUT2D eigenvalue weighted by Crippen LogP contribution is -2.53. The van der Waals surface area contributed by atoms with E-state index < -0.39 is 11.4 Å². The summed E-state index contributed by atoms with van der Waals surface area (Å²) >= 11 is 0. The van der Waals surface area contributed by atoms with Crippen LogP contribution in [-0.2, 0) is 9.59 Å². The first-order chi connectivity index (χ1) is 13.9. The Hall–Kier alpha value is -2.61. The van der Waals surface area contributed by atoms with Gasteiger partial charge < -0.3 is 15.5 Å². The number of carbonyl (C=O) groups is 3. The van der Waals surface area contributed by atoms with Crippen molar-refractivity contribution < 1.29 is 14.4 Å². The quantitative estimate of drug-likeness (QED) is 0.807. The molecule has 0 saturated carbocycles. The van der Waals surface area contributed by atoms with Gasteiger partial charge in [-0.3, -0.25) is 19.4 Å². The molecule has 1 radical (unpaired) electrons. The number of nitrogens with zero attached hydrogens (tertiary/aromatic N) is 4. The van der Waals surface area contributed by atoms with Crippen molar-refractivity contribution in [1.29, 1.82) is 0 Å². The molecule has 8 nitrogen and oxygen atoms in total. The molecule has 3 fully saturated rings. The van der Waals surface area contributed by atoms with Crippen molar-refractivity contribution in [2.45, 2.75) is 31.2 Å². The van der Waals surface area contributed by atoms with Crippen LogP contribution in [0, 0.1) is 6.42 Å². The third kappa shape index (κ3) is 3.46. The zero-order valence-electron chi connectivity index (χ0n) is 16.8. The summed E-state index contributed by atoms with van der Waals surface area (Å²) in [5, 5.41) is 0. The fourth-order valence-corrected chi connectivity index (χ4v) is 4.54. The molecule has 3 aliphatic heterocycles. The minimum Gasteiger partial charge on any atom is -0.368 e. The number of benzene rings is 1. The van der Waals surface area contributed by atoms with Gasteiger partial charge in [0.05, 0.1) is 13.1 Å². The number of primary amides is 1. The zero-order valence-corrected chi connectivity index (χ0v) is 16.8. The molecule has 8 heteroatoms. The van der Waals surface area contributed by atoms with Crippen LogP contribution in [-0.4, -0.2) is 73.0 Å². The molecule has 3 heterocycles. The van der Waals surface area contributed by atoms with Crippen molar-refractivity contribution in [3.63, 3.8) is 0 Å². The fourth-order valence-electron chi connectivity index (χ4n) is 4.54. The molecular formula is C21H28N5O3. The molecule has 0 aliphatic carbocycles. The SMILES string of the molecule is CN(C(=O)CN1CCCCC1)c1ccc(N2C[C@@]3(C(N)=O)[CH]CCN3C2=O)cc1. The summed E-state index contributed by atoms with van der Waals surface area (Å²) in [6.07, 6.45) is 6.05. The van der Waals surface area contributed by atoms with Gasteiger partial charge in [-0.25, -0.2) is 4.79 Å². The highest BCUT2D eigenvalue weighted by Gasteiger charge is 2.56. The molecule has 2 N–H and O–H groups in total. The Morgan fingerprint density at radius 1 is 1.10 bits per heavy atom. The van der Waals surface area contributed by atoms with E-state index in [1.807, 2.05) is 30.7 Å². The number of rotatable bonds is 5. The smallest absolute Gasteiger partial charge is 0.325 e. The van der Waals surface area contributed by atoms with E-state index >= 15 is 0 Å². The van der Waals surface area contributed by atoms with Crippen LogP contribution in [0.1, 0.15) is 25.7 Å². The second-order valence-electron chi connectivity index (χ2n) is 8.11. The van der Waals surface area contributed by atoms with Crippen molar-refractivity contribution in [2.24, 2.45) is 5.73 Å². The molecule has 0 unspecified atom stereocenters. The van der Waals surface area contributed by atoms with Gasteiger partial charge in [0.1, 0.15) is 5.54 Å². The Kier molecular flexibility index (Phi) is 5.21. The highest BCUT2D eigenvalue weighted by atomic mass is 16.2. The summed E-state index contributed by atoms with van der Waals surface area (Å²) in [5.41, 5.74) is 6.06. The molecule has 0 aromatic heterocycles. The standard InChI is InChI=1S/C21H28N5O3/c1-23(18(27)14-24-11-3-2-4-12-24)16-6-8-17(9-7-16)25-15-21(19(22)28)10-5-13-26(21)20(25)29/h6-10H,2-5,11-15H2,1H3,(H2,22,28)/t21-/m1/s1. The molecule has 3 saturated heterocycles. The first-order valence-corrected chi connectivity index (χ1v) is 10.2. The summed E-state index contributed by atoms with van der Waals surface area (Å²) < 4.78 is 0. The number of piperidine rings is 1. The number of amides is 4. The molecule has 29 heavy (non-hydrogen) atoms. The monoisotopic (exact) mass is 398 g/mol. The Morgan fingerprint density at radius 3 is 2.41 bits per heavy atom. The maximum Gasteiger partial charge on any atom is 0.325 e. The van der Waals surface area contributed by atoms with Gasteiger partial charge in [-0.1, -0.05) is 6.42 Å². The third-order valence-corrected chi connectivity index (χ3v) is 6.33. The molecule has 155 valence electrons. The molecule has 1 aromatic carbocycles. The summed E-state index contributed by atoms with van der Waals surface area (Å²) in [5.74, 6) is -0.440. The normalized spacial score (nSPS) is 24.7. The average Bonchev–Trinajstić information content (AvgIpc) is 3.28. The molecule has 0 bridgehead atoms. The van der Waals surface area contributed by atoms with Crippen molar-refractivity contribution >= 4 is 29.2 Å². The van der Waals surface area contributed by atoms with E-state index in [1.54, 1.807) is 21.7 Å². The van der Waals surface area contributed by atoms with E-state index in [2.05, 4.69) is 4.90 Å². The third-order valence-electron chi connectivity index (χ3n) is 6.33. The van der Waals surface area contributed by atoms with Crippen LogP contribution in [0.4, 0.5) is 16.2 Å². The molecule has 4 amide bonds. The van der Waals surface area contributed by atoms with Crippen LogP contribution in [0.2, 0.25) is 0 Å².